The van der Waals surface area contributed by atoms with Crippen molar-refractivity contribution < 1.29 is 22.7 Å². The third kappa shape index (κ3) is 5.04. The minimum Gasteiger partial charge on any atom is -0.464 e. The van der Waals surface area contributed by atoms with Gasteiger partial charge in [-0.2, -0.15) is 0 Å². The van der Waals surface area contributed by atoms with E-state index in [9.17, 15) is 18.0 Å². The number of cyclic esters (lactones) is 1. The third-order valence-corrected chi connectivity index (χ3v) is 5.76. The predicted octanol–water partition coefficient (Wildman–Crippen LogP) is 1.16. The molecule has 0 aromatic heterocycles. The molecule has 2 N–H and O–H groups in total. The maximum absolute atomic E-state index is 12.6. The van der Waals surface area contributed by atoms with Crippen molar-refractivity contribution in [1.82, 2.24) is 10.6 Å². The monoisotopic (exact) mass is 382 g/mol. The number of ether oxygens (including phenoxy) is 1. The molecule has 0 radical (unpaired) electrons. The molecule has 1 aliphatic heterocycles. The Kier molecular flexibility index (Phi) is 6.08. The fraction of sp³-hybridized carbons (Fsp3) is 0.556. The normalized spacial score (nSPS) is 19.1. The van der Waals surface area contributed by atoms with Gasteiger partial charge in [0.2, 0.25) is 5.91 Å². The third-order valence-electron chi connectivity index (χ3n) is 4.25. The number of hydrogen-bond acceptors (Lipinski definition) is 6. The van der Waals surface area contributed by atoms with E-state index in [0.29, 0.717) is 13.0 Å². The number of esters is 1. The molecule has 0 saturated carbocycles. The van der Waals surface area contributed by atoms with Gasteiger partial charge in [-0.25, -0.2) is 8.42 Å². The van der Waals surface area contributed by atoms with Crippen molar-refractivity contribution in [1.29, 1.82) is 0 Å². The highest BCUT2D eigenvalue weighted by molar-refractivity contribution is 7.91. The Bertz CT molecular complexity index is 766. The Labute approximate surface area is 154 Å². The number of aryl methyl sites for hydroxylation is 1. The standard InChI is InChI=1S/C18H26N2O5S/c1-12-5-7-13(8-6-12)26(23,24)11-19-16(21)15(18(2,3)4)20-14-9-10-25-17(14)22/h5-8,14-15,20H,9-11H2,1-4H3,(H,19,21)/t14-,15-/m0/s1. The van der Waals surface area contributed by atoms with Crippen LogP contribution in [0.4, 0.5) is 0 Å². The molecule has 1 heterocycles. The minimum atomic E-state index is -3.64. The smallest absolute Gasteiger partial charge is 0.323 e. The van der Waals surface area contributed by atoms with Crippen LogP contribution in [0.15, 0.2) is 29.2 Å². The van der Waals surface area contributed by atoms with Crippen molar-refractivity contribution in [3.05, 3.63) is 29.8 Å². The van der Waals surface area contributed by atoms with E-state index in [2.05, 4.69) is 10.6 Å². The number of amides is 1. The van der Waals surface area contributed by atoms with E-state index in [4.69, 9.17) is 4.74 Å². The van der Waals surface area contributed by atoms with Gasteiger partial charge in [0.05, 0.1) is 17.5 Å². The number of sulfone groups is 1. The fourth-order valence-corrected chi connectivity index (χ4v) is 3.71. The molecule has 26 heavy (non-hydrogen) atoms. The topological polar surface area (TPSA) is 102 Å². The van der Waals surface area contributed by atoms with Gasteiger partial charge >= 0.3 is 5.97 Å². The highest BCUT2D eigenvalue weighted by atomic mass is 32.2. The zero-order valence-electron chi connectivity index (χ0n) is 15.5. The molecular weight excluding hydrogens is 356 g/mol. The number of benzene rings is 1. The zero-order valence-corrected chi connectivity index (χ0v) is 16.4. The van der Waals surface area contributed by atoms with Crippen LogP contribution in [0, 0.1) is 12.3 Å². The summed E-state index contributed by atoms with van der Waals surface area (Å²) in [5.41, 5.74) is 0.439. The van der Waals surface area contributed by atoms with E-state index in [0.717, 1.165) is 5.56 Å². The van der Waals surface area contributed by atoms with E-state index in [1.54, 1.807) is 12.1 Å². The first-order chi connectivity index (χ1) is 12.0. The van der Waals surface area contributed by atoms with Gasteiger partial charge in [0.15, 0.2) is 9.84 Å². The summed E-state index contributed by atoms with van der Waals surface area (Å²) < 4.78 is 29.7. The van der Waals surface area contributed by atoms with Crippen LogP contribution < -0.4 is 10.6 Å². The first kappa shape index (κ1) is 20.4. The van der Waals surface area contributed by atoms with Gasteiger partial charge in [0, 0.05) is 6.42 Å². The molecule has 1 aromatic carbocycles. The number of rotatable bonds is 6. The molecule has 1 aliphatic rings. The molecule has 0 bridgehead atoms. The van der Waals surface area contributed by atoms with Gasteiger partial charge in [-0.05, 0) is 24.5 Å². The average molecular weight is 382 g/mol. The lowest BCUT2D eigenvalue weighted by Gasteiger charge is -2.31. The van der Waals surface area contributed by atoms with Crippen LogP contribution in [0.25, 0.3) is 0 Å². The SMILES string of the molecule is Cc1ccc(S(=O)(=O)CNC(=O)[C@H](N[C@H]2CCOC2=O)C(C)(C)C)cc1. The summed E-state index contributed by atoms with van der Waals surface area (Å²) >= 11 is 0. The molecule has 1 aromatic rings. The summed E-state index contributed by atoms with van der Waals surface area (Å²) in [6.45, 7) is 7.72. The summed E-state index contributed by atoms with van der Waals surface area (Å²) in [6, 6.07) is 5.17. The molecule has 144 valence electrons. The molecule has 2 atom stereocenters. The van der Waals surface area contributed by atoms with Gasteiger partial charge in [0.25, 0.3) is 0 Å². The number of carbonyl (C=O) groups excluding carboxylic acids is 2. The van der Waals surface area contributed by atoms with Gasteiger partial charge in [-0.15, -0.1) is 0 Å². The molecule has 8 heteroatoms. The van der Waals surface area contributed by atoms with Crippen molar-refractivity contribution in [2.45, 2.75) is 51.1 Å². The van der Waals surface area contributed by atoms with E-state index < -0.39 is 39.1 Å². The summed E-state index contributed by atoms with van der Waals surface area (Å²) in [5.74, 6) is -1.36. The van der Waals surface area contributed by atoms with Gasteiger partial charge < -0.3 is 10.1 Å². The Hall–Kier alpha value is -1.93. The largest absolute Gasteiger partial charge is 0.464 e. The maximum Gasteiger partial charge on any atom is 0.323 e. The summed E-state index contributed by atoms with van der Waals surface area (Å²) in [4.78, 5) is 24.5. The highest BCUT2D eigenvalue weighted by Gasteiger charge is 2.37. The molecule has 2 rings (SSSR count). The lowest BCUT2D eigenvalue weighted by molar-refractivity contribution is -0.140. The first-order valence-corrected chi connectivity index (χ1v) is 10.2. The molecule has 1 fully saturated rings. The zero-order chi connectivity index (χ0) is 19.5. The number of carbonyl (C=O) groups is 2. The Morgan fingerprint density at radius 2 is 1.88 bits per heavy atom. The number of hydrogen-bond donors (Lipinski definition) is 2. The Balaban J connectivity index is 2.06. The van der Waals surface area contributed by atoms with Gasteiger partial charge in [-0.1, -0.05) is 38.5 Å². The van der Waals surface area contributed by atoms with E-state index in [1.165, 1.54) is 12.1 Å². The van der Waals surface area contributed by atoms with Crippen LogP contribution in [0.5, 0.6) is 0 Å². The second-order valence-corrected chi connectivity index (χ2v) is 9.58. The van der Waals surface area contributed by atoms with Crippen LogP contribution in [-0.2, 0) is 24.2 Å². The molecule has 0 unspecified atom stereocenters. The predicted molar refractivity (Wildman–Crippen MR) is 97.1 cm³/mol. The van der Waals surface area contributed by atoms with Crippen LogP contribution >= 0.6 is 0 Å². The van der Waals surface area contributed by atoms with Gasteiger partial charge in [-0.3, -0.25) is 14.9 Å². The van der Waals surface area contributed by atoms with Crippen molar-refractivity contribution in [2.75, 3.05) is 12.5 Å². The van der Waals surface area contributed by atoms with Crippen molar-refractivity contribution in [2.24, 2.45) is 5.41 Å². The fourth-order valence-electron chi connectivity index (χ4n) is 2.66. The first-order valence-electron chi connectivity index (χ1n) is 8.50. The molecule has 7 nitrogen and oxygen atoms in total. The van der Waals surface area contributed by atoms with Crippen molar-refractivity contribution >= 4 is 21.7 Å². The van der Waals surface area contributed by atoms with Crippen LogP contribution in [0.2, 0.25) is 0 Å². The molecular formula is C18H26N2O5S. The van der Waals surface area contributed by atoms with Crippen LogP contribution in [-0.4, -0.2) is 44.9 Å². The van der Waals surface area contributed by atoms with Crippen LogP contribution in [0.1, 0.15) is 32.8 Å². The van der Waals surface area contributed by atoms with Crippen LogP contribution in [0.3, 0.4) is 0 Å². The lowest BCUT2D eigenvalue weighted by Crippen LogP contribution is -2.56. The minimum absolute atomic E-state index is 0.156. The Morgan fingerprint density at radius 3 is 2.38 bits per heavy atom. The molecule has 0 aliphatic carbocycles. The van der Waals surface area contributed by atoms with E-state index >= 15 is 0 Å². The average Bonchev–Trinajstić information content (AvgIpc) is 2.95. The second-order valence-electron chi connectivity index (χ2n) is 7.59. The quantitative estimate of drug-likeness (QED) is 0.716. The van der Waals surface area contributed by atoms with Crippen molar-refractivity contribution in [3.8, 4) is 0 Å². The molecule has 1 saturated heterocycles. The Morgan fingerprint density at radius 1 is 1.27 bits per heavy atom. The van der Waals surface area contributed by atoms with E-state index in [-0.39, 0.29) is 10.9 Å². The maximum atomic E-state index is 12.6. The van der Waals surface area contributed by atoms with Gasteiger partial charge in [0.1, 0.15) is 11.9 Å². The second kappa shape index (κ2) is 7.75. The van der Waals surface area contributed by atoms with Crippen molar-refractivity contribution in [3.63, 3.8) is 0 Å². The number of nitrogens with one attached hydrogen (secondary N) is 2. The molecule has 0 spiro atoms. The molecule has 1 amide bonds. The highest BCUT2D eigenvalue weighted by Crippen LogP contribution is 2.22. The summed E-state index contributed by atoms with van der Waals surface area (Å²) in [5, 5.41) is 5.50. The lowest BCUT2D eigenvalue weighted by atomic mass is 9.85. The van der Waals surface area contributed by atoms with E-state index in [1.807, 2.05) is 27.7 Å². The summed E-state index contributed by atoms with van der Waals surface area (Å²) in [7, 11) is -3.64. The summed E-state index contributed by atoms with van der Waals surface area (Å²) in [6.07, 6.45) is 0.486.